The Kier molecular flexibility index (Phi) is 3.94. The molecule has 0 aromatic heterocycles. The number of carbonyl (C=O) groups excluding carboxylic acids is 1. The minimum Gasteiger partial charge on any atom is -0.341 e. The Balaban J connectivity index is 0.00000144. The van der Waals surface area contributed by atoms with Gasteiger partial charge >= 0.3 is 0 Å². The van der Waals surface area contributed by atoms with Crippen molar-refractivity contribution in [2.75, 3.05) is 13.1 Å². The van der Waals surface area contributed by atoms with Crippen molar-refractivity contribution < 1.29 is 9.18 Å². The Labute approximate surface area is 136 Å². The third kappa shape index (κ3) is 2.33. The molecule has 2 aliphatic carbocycles. The largest absolute Gasteiger partial charge is 0.341 e. The zero-order valence-corrected chi connectivity index (χ0v) is 13.3. The van der Waals surface area contributed by atoms with Gasteiger partial charge < -0.3 is 10.6 Å². The number of rotatable bonds is 2. The number of fused-ring (bicyclic) bond motifs is 1. The van der Waals surface area contributed by atoms with Crippen LogP contribution in [0.5, 0.6) is 0 Å². The number of nitrogens with zero attached hydrogens (tertiary/aromatic N) is 1. The summed E-state index contributed by atoms with van der Waals surface area (Å²) < 4.78 is 13.1. The molecule has 2 N–H and O–H groups in total. The molecule has 3 fully saturated rings. The van der Waals surface area contributed by atoms with Gasteiger partial charge in [-0.2, -0.15) is 0 Å². The predicted molar refractivity (Wildman–Crippen MR) is 85.3 cm³/mol. The summed E-state index contributed by atoms with van der Waals surface area (Å²) in [6, 6.07) is 6.70. The van der Waals surface area contributed by atoms with Crippen LogP contribution in [-0.4, -0.2) is 29.9 Å². The van der Waals surface area contributed by atoms with Crippen molar-refractivity contribution in [2.24, 2.45) is 17.6 Å². The number of carbonyl (C=O) groups is 1. The van der Waals surface area contributed by atoms with Crippen LogP contribution in [0.25, 0.3) is 0 Å². The van der Waals surface area contributed by atoms with Gasteiger partial charge in [0, 0.05) is 19.1 Å². The molecule has 1 aromatic carbocycles. The minimum atomic E-state index is -0.379. The maximum atomic E-state index is 13.1. The van der Waals surface area contributed by atoms with Crippen LogP contribution in [0.4, 0.5) is 4.39 Å². The normalized spacial score (nSPS) is 31.5. The summed E-state index contributed by atoms with van der Waals surface area (Å²) >= 11 is 0. The van der Waals surface area contributed by atoms with E-state index in [4.69, 9.17) is 5.73 Å². The van der Waals surface area contributed by atoms with Gasteiger partial charge in [0.2, 0.25) is 5.91 Å². The van der Waals surface area contributed by atoms with Crippen LogP contribution >= 0.6 is 12.4 Å². The molecule has 3 atom stereocenters. The molecule has 1 heterocycles. The predicted octanol–water partition coefficient (Wildman–Crippen LogP) is 2.47. The first-order valence-corrected chi connectivity index (χ1v) is 7.91. The first kappa shape index (κ1) is 15.8. The van der Waals surface area contributed by atoms with E-state index in [1.807, 2.05) is 4.90 Å². The summed E-state index contributed by atoms with van der Waals surface area (Å²) in [7, 11) is 0. The first-order valence-electron chi connectivity index (χ1n) is 7.91. The molecule has 4 rings (SSSR count). The van der Waals surface area contributed by atoms with Gasteiger partial charge in [0.05, 0.1) is 5.41 Å². The van der Waals surface area contributed by atoms with E-state index in [0.717, 1.165) is 44.3 Å². The Hall–Kier alpha value is -1.13. The van der Waals surface area contributed by atoms with Crippen molar-refractivity contribution in [3.8, 4) is 0 Å². The van der Waals surface area contributed by atoms with E-state index in [0.29, 0.717) is 11.8 Å². The molecule has 3 unspecified atom stereocenters. The number of halogens is 2. The van der Waals surface area contributed by atoms with Crippen LogP contribution in [0.1, 0.15) is 31.2 Å². The van der Waals surface area contributed by atoms with Crippen molar-refractivity contribution in [3.05, 3.63) is 35.6 Å². The number of hydrogen-bond acceptors (Lipinski definition) is 2. The monoisotopic (exact) mass is 324 g/mol. The van der Waals surface area contributed by atoms with Gasteiger partial charge in [0.15, 0.2) is 0 Å². The van der Waals surface area contributed by atoms with Crippen LogP contribution in [0, 0.1) is 17.7 Å². The zero-order chi connectivity index (χ0) is 14.6. The smallest absolute Gasteiger partial charge is 0.233 e. The number of nitrogens with two attached hydrogens (primary N) is 1. The fraction of sp³-hybridized carbons (Fsp3) is 0.588. The SMILES string of the molecule is Cl.NC1CCC2CN(C(=O)C3(c4ccc(F)cc4)CC3)CC12. The van der Waals surface area contributed by atoms with Gasteiger partial charge in [-0.25, -0.2) is 4.39 Å². The molecule has 5 heteroatoms. The average Bonchev–Trinajstić information content (AvgIpc) is 3.06. The molecule has 0 bridgehead atoms. The lowest BCUT2D eigenvalue weighted by molar-refractivity contribution is -0.133. The topological polar surface area (TPSA) is 46.3 Å². The van der Waals surface area contributed by atoms with Gasteiger partial charge in [-0.3, -0.25) is 4.79 Å². The average molecular weight is 325 g/mol. The van der Waals surface area contributed by atoms with Gasteiger partial charge in [0.25, 0.3) is 0 Å². The van der Waals surface area contributed by atoms with Crippen molar-refractivity contribution in [1.82, 2.24) is 4.90 Å². The summed E-state index contributed by atoms with van der Waals surface area (Å²) in [6.07, 6.45) is 4.02. The summed E-state index contributed by atoms with van der Waals surface area (Å²) in [4.78, 5) is 15.0. The molecule has 120 valence electrons. The Morgan fingerprint density at radius 2 is 1.86 bits per heavy atom. The Morgan fingerprint density at radius 1 is 1.18 bits per heavy atom. The summed E-state index contributed by atoms with van der Waals surface area (Å²) in [5.74, 6) is 1.06. The number of amides is 1. The van der Waals surface area contributed by atoms with Gasteiger partial charge in [-0.1, -0.05) is 12.1 Å². The van der Waals surface area contributed by atoms with Gasteiger partial charge in [-0.05, 0) is 55.2 Å². The third-order valence-electron chi connectivity index (χ3n) is 5.76. The van der Waals surface area contributed by atoms with E-state index in [1.165, 1.54) is 12.1 Å². The van der Waals surface area contributed by atoms with Crippen molar-refractivity contribution in [2.45, 2.75) is 37.1 Å². The summed E-state index contributed by atoms with van der Waals surface area (Å²) in [6.45, 7) is 1.67. The molecule has 3 nitrogen and oxygen atoms in total. The number of benzene rings is 1. The standard InChI is InChI=1S/C17H21FN2O.ClH/c18-13-4-2-12(3-5-13)17(7-8-17)16(21)20-9-11-1-6-15(19)14(11)10-20;/h2-5,11,14-15H,1,6-10,19H2;1H. The maximum Gasteiger partial charge on any atom is 0.233 e. The van der Waals surface area contributed by atoms with Gasteiger partial charge in [-0.15, -0.1) is 12.4 Å². The second-order valence-electron chi connectivity index (χ2n) is 6.96. The highest BCUT2D eigenvalue weighted by molar-refractivity contribution is 5.91. The lowest BCUT2D eigenvalue weighted by atomic mass is 9.94. The second kappa shape index (κ2) is 5.50. The van der Waals surface area contributed by atoms with E-state index in [9.17, 15) is 9.18 Å². The summed E-state index contributed by atoms with van der Waals surface area (Å²) in [5.41, 5.74) is 6.74. The lowest BCUT2D eigenvalue weighted by Crippen LogP contribution is -2.39. The molecule has 1 aromatic rings. The quantitative estimate of drug-likeness (QED) is 0.908. The van der Waals surface area contributed by atoms with Crippen LogP contribution < -0.4 is 5.73 Å². The van der Waals surface area contributed by atoms with E-state index < -0.39 is 0 Å². The van der Waals surface area contributed by atoms with E-state index in [-0.39, 0.29) is 35.6 Å². The Bertz CT molecular complexity index is 573. The molecule has 1 amide bonds. The highest BCUT2D eigenvalue weighted by Gasteiger charge is 2.55. The van der Waals surface area contributed by atoms with Crippen molar-refractivity contribution in [1.29, 1.82) is 0 Å². The minimum absolute atomic E-state index is 0. The Morgan fingerprint density at radius 3 is 2.45 bits per heavy atom. The number of hydrogen-bond donors (Lipinski definition) is 1. The lowest BCUT2D eigenvalue weighted by Gasteiger charge is -2.25. The van der Waals surface area contributed by atoms with Crippen LogP contribution in [0.3, 0.4) is 0 Å². The molecule has 0 spiro atoms. The zero-order valence-electron chi connectivity index (χ0n) is 12.5. The highest BCUT2D eigenvalue weighted by Crippen LogP contribution is 2.51. The second-order valence-corrected chi connectivity index (χ2v) is 6.96. The molecule has 2 saturated carbocycles. The molecule has 1 aliphatic heterocycles. The molecule has 1 saturated heterocycles. The van der Waals surface area contributed by atoms with Gasteiger partial charge in [0.1, 0.15) is 5.82 Å². The van der Waals surface area contributed by atoms with E-state index in [1.54, 1.807) is 12.1 Å². The fourth-order valence-electron chi connectivity index (χ4n) is 4.30. The molecular weight excluding hydrogens is 303 g/mol. The molecule has 22 heavy (non-hydrogen) atoms. The maximum absolute atomic E-state index is 13.1. The van der Waals surface area contributed by atoms with Crippen LogP contribution in [0.2, 0.25) is 0 Å². The fourth-order valence-corrected chi connectivity index (χ4v) is 4.30. The molecule has 3 aliphatic rings. The number of likely N-dealkylation sites (tertiary alicyclic amines) is 1. The molecular formula is C17H22ClFN2O. The molecule has 0 radical (unpaired) electrons. The third-order valence-corrected chi connectivity index (χ3v) is 5.76. The highest BCUT2D eigenvalue weighted by atomic mass is 35.5. The summed E-state index contributed by atoms with van der Waals surface area (Å²) in [5, 5.41) is 0. The van der Waals surface area contributed by atoms with Crippen molar-refractivity contribution in [3.63, 3.8) is 0 Å². The van der Waals surface area contributed by atoms with Crippen LogP contribution in [0.15, 0.2) is 24.3 Å². The van der Waals surface area contributed by atoms with Crippen LogP contribution in [-0.2, 0) is 10.2 Å². The van der Waals surface area contributed by atoms with E-state index >= 15 is 0 Å². The van der Waals surface area contributed by atoms with E-state index in [2.05, 4.69) is 0 Å². The van der Waals surface area contributed by atoms with Crippen molar-refractivity contribution >= 4 is 18.3 Å². The first-order chi connectivity index (χ1) is 10.1.